The third-order valence-corrected chi connectivity index (χ3v) is 4.75. The van der Waals surface area contributed by atoms with Crippen LogP contribution in [0.4, 0.5) is 5.82 Å². The van der Waals surface area contributed by atoms with E-state index < -0.39 is 23.8 Å². The maximum absolute atomic E-state index is 12.6. The van der Waals surface area contributed by atoms with E-state index in [1.54, 1.807) is 13.8 Å². The first-order valence-corrected chi connectivity index (χ1v) is 10.0. The van der Waals surface area contributed by atoms with Crippen LogP contribution in [0.5, 0.6) is 0 Å². The van der Waals surface area contributed by atoms with Crippen molar-refractivity contribution in [3.8, 4) is 0 Å². The zero-order valence-corrected chi connectivity index (χ0v) is 18.1. The molecule has 0 bridgehead atoms. The van der Waals surface area contributed by atoms with Gasteiger partial charge in [-0.25, -0.2) is 19.6 Å². The van der Waals surface area contributed by atoms with Gasteiger partial charge in [-0.1, -0.05) is 6.08 Å². The molecule has 11 nitrogen and oxygen atoms in total. The highest BCUT2D eigenvalue weighted by Gasteiger charge is 2.34. The lowest BCUT2D eigenvalue weighted by molar-refractivity contribution is -0.143. The number of carbonyl (C=O) groups is 4. The predicted octanol–water partition coefficient (Wildman–Crippen LogP) is 1.43. The lowest BCUT2D eigenvalue weighted by Gasteiger charge is -2.12. The lowest BCUT2D eigenvalue weighted by Crippen LogP contribution is -2.29. The molecule has 0 aromatic carbocycles. The van der Waals surface area contributed by atoms with Crippen LogP contribution in [0.2, 0.25) is 0 Å². The summed E-state index contributed by atoms with van der Waals surface area (Å²) in [6.07, 6.45) is 3.80. The van der Waals surface area contributed by atoms with Crippen LogP contribution in [-0.4, -0.2) is 70.3 Å². The summed E-state index contributed by atoms with van der Waals surface area (Å²) in [4.78, 5) is 58.3. The van der Waals surface area contributed by atoms with Crippen molar-refractivity contribution in [1.29, 1.82) is 0 Å². The Bertz CT molecular complexity index is 951. The minimum atomic E-state index is -0.737. The number of thioether (sulfide) groups is 1. The van der Waals surface area contributed by atoms with E-state index in [-0.39, 0.29) is 47.9 Å². The van der Waals surface area contributed by atoms with E-state index in [9.17, 15) is 19.2 Å². The molecular formula is C19H22N4O7S. The van der Waals surface area contributed by atoms with Gasteiger partial charge in [0.25, 0.3) is 5.91 Å². The molecule has 0 radical (unpaired) electrons. The third-order valence-electron chi connectivity index (χ3n) is 3.74. The quantitative estimate of drug-likeness (QED) is 0.237. The summed E-state index contributed by atoms with van der Waals surface area (Å²) >= 11 is 0.916. The summed E-state index contributed by atoms with van der Waals surface area (Å²) < 4.78 is 15.8. The van der Waals surface area contributed by atoms with Gasteiger partial charge in [-0.15, -0.1) is 6.58 Å². The van der Waals surface area contributed by atoms with E-state index in [2.05, 4.69) is 21.3 Å². The highest BCUT2D eigenvalue weighted by atomic mass is 32.2. The molecule has 1 amide bonds. The molecule has 31 heavy (non-hydrogen) atoms. The van der Waals surface area contributed by atoms with Gasteiger partial charge in [-0.2, -0.15) is 0 Å². The number of hydrogen-bond donors (Lipinski definition) is 0. The summed E-state index contributed by atoms with van der Waals surface area (Å²) in [5, 5.41) is 0.173. The maximum atomic E-state index is 12.6. The van der Waals surface area contributed by atoms with Crippen molar-refractivity contribution in [2.75, 3.05) is 26.9 Å². The molecule has 0 N–H and O–H groups in total. The van der Waals surface area contributed by atoms with E-state index in [1.165, 1.54) is 29.0 Å². The number of imidazole rings is 1. The normalized spacial score (nSPS) is 16.0. The van der Waals surface area contributed by atoms with E-state index in [1.807, 2.05) is 0 Å². The number of methoxy groups -OCH3 is 1. The van der Waals surface area contributed by atoms with Crippen LogP contribution in [0.1, 0.15) is 24.3 Å². The maximum Gasteiger partial charge on any atom is 0.358 e. The number of aliphatic imine (C=N–C) groups is 1. The van der Waals surface area contributed by atoms with Crippen LogP contribution in [-0.2, 0) is 35.1 Å². The van der Waals surface area contributed by atoms with E-state index >= 15 is 0 Å². The fourth-order valence-corrected chi connectivity index (χ4v) is 3.41. The molecular weight excluding hydrogens is 428 g/mol. The molecule has 1 saturated heterocycles. The molecule has 1 aliphatic heterocycles. The Morgan fingerprint density at radius 1 is 1.26 bits per heavy atom. The Morgan fingerprint density at radius 2 is 1.97 bits per heavy atom. The number of carbonyl (C=O) groups excluding carboxylic acids is 4. The van der Waals surface area contributed by atoms with Crippen LogP contribution in [0.15, 0.2) is 35.0 Å². The molecule has 2 heterocycles. The van der Waals surface area contributed by atoms with Gasteiger partial charge in [0.1, 0.15) is 6.54 Å². The van der Waals surface area contributed by atoms with E-state index in [4.69, 9.17) is 9.47 Å². The van der Waals surface area contributed by atoms with Crippen molar-refractivity contribution in [3.05, 3.63) is 35.7 Å². The highest BCUT2D eigenvalue weighted by Crippen LogP contribution is 2.33. The van der Waals surface area contributed by atoms with Crippen molar-refractivity contribution >= 4 is 46.6 Å². The predicted molar refractivity (Wildman–Crippen MR) is 112 cm³/mol. The standard InChI is InChI=1S/C19H22N4O7S/c1-5-8-23-17(26)12(9-13(24)28-4)31-19(23)21-16-15(18(27)30-7-3)22(11-20-16)10-14(25)29-6-2/h5,9,11H,1,6-8,10H2,2-4H3/b12-9+,21-19+. The second kappa shape index (κ2) is 11.1. The number of ether oxygens (including phenoxy) is 3. The molecule has 12 heteroatoms. The van der Waals surface area contributed by atoms with Crippen molar-refractivity contribution in [2.45, 2.75) is 20.4 Å². The minimum Gasteiger partial charge on any atom is -0.466 e. The van der Waals surface area contributed by atoms with E-state index in [0.717, 1.165) is 17.8 Å². The SMILES string of the molecule is C=CCN1C(=O)/C(=C\C(=O)OC)S/C1=N/c1ncn(CC(=O)OCC)c1C(=O)OCC. The van der Waals surface area contributed by atoms with Crippen molar-refractivity contribution in [2.24, 2.45) is 4.99 Å². The van der Waals surface area contributed by atoms with Gasteiger partial charge < -0.3 is 18.8 Å². The molecule has 0 saturated carbocycles. The molecule has 0 aliphatic carbocycles. The lowest BCUT2D eigenvalue weighted by atomic mass is 10.4. The number of amides is 1. The van der Waals surface area contributed by atoms with Crippen LogP contribution in [0, 0.1) is 0 Å². The largest absolute Gasteiger partial charge is 0.466 e. The molecule has 2 rings (SSSR count). The van der Waals surface area contributed by atoms with Gasteiger partial charge in [-0.3, -0.25) is 14.5 Å². The van der Waals surface area contributed by atoms with Crippen LogP contribution < -0.4 is 0 Å². The number of hydrogen-bond acceptors (Lipinski definition) is 10. The summed E-state index contributed by atoms with van der Waals surface area (Å²) in [5.74, 6) is -2.52. The fourth-order valence-electron chi connectivity index (χ4n) is 2.47. The zero-order chi connectivity index (χ0) is 23.0. The van der Waals surface area contributed by atoms with Crippen LogP contribution >= 0.6 is 11.8 Å². The molecule has 1 aromatic heterocycles. The van der Waals surface area contributed by atoms with Gasteiger partial charge in [0.15, 0.2) is 16.7 Å². The van der Waals surface area contributed by atoms with E-state index in [0.29, 0.717) is 0 Å². The Balaban J connectivity index is 2.49. The van der Waals surface area contributed by atoms with Gasteiger partial charge in [0.05, 0.1) is 31.6 Å². The first kappa shape index (κ1) is 23.9. The van der Waals surface area contributed by atoms with Crippen molar-refractivity contribution < 1.29 is 33.4 Å². The van der Waals surface area contributed by atoms with Gasteiger partial charge >= 0.3 is 17.9 Å². The fraction of sp³-hybridized carbons (Fsp3) is 0.368. The highest BCUT2D eigenvalue weighted by molar-refractivity contribution is 8.18. The number of aromatic nitrogens is 2. The smallest absolute Gasteiger partial charge is 0.358 e. The molecule has 0 spiro atoms. The average Bonchev–Trinajstić information content (AvgIpc) is 3.24. The topological polar surface area (TPSA) is 129 Å². The minimum absolute atomic E-state index is 0.0496. The Kier molecular flexibility index (Phi) is 8.55. The summed E-state index contributed by atoms with van der Waals surface area (Å²) in [6.45, 7) is 7.04. The van der Waals surface area contributed by atoms with Gasteiger partial charge in [-0.05, 0) is 25.6 Å². The number of nitrogens with zero attached hydrogens (tertiary/aromatic N) is 4. The number of rotatable bonds is 9. The summed E-state index contributed by atoms with van der Waals surface area (Å²) in [7, 11) is 1.20. The Labute approximate surface area is 182 Å². The molecule has 1 aromatic rings. The number of esters is 3. The molecule has 1 aliphatic rings. The van der Waals surface area contributed by atoms with Gasteiger partial charge in [0, 0.05) is 12.6 Å². The molecule has 0 atom stereocenters. The van der Waals surface area contributed by atoms with Crippen LogP contribution in [0.3, 0.4) is 0 Å². The first-order chi connectivity index (χ1) is 14.9. The first-order valence-electron chi connectivity index (χ1n) is 9.22. The Hall–Kier alpha value is -3.41. The zero-order valence-electron chi connectivity index (χ0n) is 17.3. The Morgan fingerprint density at radius 3 is 2.58 bits per heavy atom. The van der Waals surface area contributed by atoms with Crippen molar-refractivity contribution in [1.82, 2.24) is 14.5 Å². The molecule has 1 fully saturated rings. The molecule has 166 valence electrons. The molecule has 0 unspecified atom stereocenters. The van der Waals surface area contributed by atoms with Crippen molar-refractivity contribution in [3.63, 3.8) is 0 Å². The van der Waals surface area contributed by atoms with Gasteiger partial charge in [0.2, 0.25) is 0 Å². The monoisotopic (exact) mass is 450 g/mol. The second-order valence-electron chi connectivity index (χ2n) is 5.80. The summed E-state index contributed by atoms with van der Waals surface area (Å²) in [5.41, 5.74) is -0.0700. The second-order valence-corrected chi connectivity index (χ2v) is 6.81. The average molecular weight is 450 g/mol. The third kappa shape index (κ3) is 5.81. The van der Waals surface area contributed by atoms with Crippen LogP contribution in [0.25, 0.3) is 0 Å². The summed E-state index contributed by atoms with van der Waals surface area (Å²) in [6, 6.07) is 0. The number of amidine groups is 1.